The third-order valence-corrected chi connectivity index (χ3v) is 6.01. The van der Waals surface area contributed by atoms with Crippen LogP contribution in [-0.2, 0) is 13.1 Å². The van der Waals surface area contributed by atoms with Crippen LogP contribution in [0.4, 0.5) is 0 Å². The van der Waals surface area contributed by atoms with E-state index in [0.29, 0.717) is 6.04 Å². The predicted molar refractivity (Wildman–Crippen MR) is 113 cm³/mol. The molecule has 1 aliphatic rings. The molecule has 0 saturated carbocycles. The molecule has 1 aromatic heterocycles. The minimum atomic E-state index is 0.372. The molecule has 1 atom stereocenters. The predicted octanol–water partition coefficient (Wildman–Crippen LogP) is 0.546. The third kappa shape index (κ3) is 5.08. The molecule has 1 fully saturated rings. The van der Waals surface area contributed by atoms with Gasteiger partial charge in [0, 0.05) is 12.0 Å². The van der Waals surface area contributed by atoms with Crippen molar-refractivity contribution in [3.8, 4) is 0 Å². The van der Waals surface area contributed by atoms with Gasteiger partial charge in [0.05, 0.1) is 6.54 Å². The van der Waals surface area contributed by atoms with Crippen LogP contribution in [0.25, 0.3) is 0 Å². The molecule has 0 spiro atoms. The Balaban J connectivity index is 1.42. The van der Waals surface area contributed by atoms with Crippen LogP contribution in [0.3, 0.4) is 0 Å². The zero-order valence-corrected chi connectivity index (χ0v) is 17.3. The molecule has 2 heterocycles. The van der Waals surface area contributed by atoms with E-state index in [0.717, 1.165) is 31.8 Å². The van der Waals surface area contributed by atoms with Crippen LogP contribution in [0.1, 0.15) is 42.8 Å². The van der Waals surface area contributed by atoms with Crippen molar-refractivity contribution in [3.63, 3.8) is 0 Å². The molecule has 6 nitrogen and oxygen atoms in total. The molecule has 152 valence electrons. The topological polar surface area (TPSA) is 52.5 Å². The molecule has 1 saturated heterocycles. The molecule has 0 bridgehead atoms. The molecule has 29 heavy (non-hydrogen) atoms. The van der Waals surface area contributed by atoms with E-state index in [1.165, 1.54) is 37.3 Å². The van der Waals surface area contributed by atoms with Crippen molar-refractivity contribution in [2.45, 2.75) is 38.9 Å². The van der Waals surface area contributed by atoms with Crippen LogP contribution in [0.5, 0.6) is 0 Å². The molecular weight excluding hydrogens is 360 g/mol. The van der Waals surface area contributed by atoms with Crippen molar-refractivity contribution in [3.05, 3.63) is 77.6 Å². The van der Waals surface area contributed by atoms with Gasteiger partial charge in [-0.05, 0) is 16.0 Å². The zero-order chi connectivity index (χ0) is 19.9. The Kier molecular flexibility index (Phi) is 6.64. The van der Waals surface area contributed by atoms with Crippen LogP contribution in [0, 0.1) is 0 Å². The molecule has 2 N–H and O–H groups in total. The number of quaternary nitrogens is 2. The highest BCUT2D eigenvalue weighted by atomic mass is 15.6. The van der Waals surface area contributed by atoms with Gasteiger partial charge in [-0.25, -0.2) is 4.68 Å². The highest BCUT2D eigenvalue weighted by molar-refractivity contribution is 5.15. The van der Waals surface area contributed by atoms with E-state index in [-0.39, 0.29) is 0 Å². The van der Waals surface area contributed by atoms with E-state index in [1.807, 2.05) is 10.7 Å². The average Bonchev–Trinajstić information content (AvgIpc) is 3.22. The smallest absolute Gasteiger partial charge is 0.209 e. The van der Waals surface area contributed by atoms with E-state index in [1.54, 1.807) is 9.80 Å². The fourth-order valence-electron chi connectivity index (χ4n) is 4.47. The normalized spacial score (nSPS) is 20.4. The van der Waals surface area contributed by atoms with Gasteiger partial charge in [0.25, 0.3) is 0 Å². The van der Waals surface area contributed by atoms with Gasteiger partial charge >= 0.3 is 0 Å². The Labute approximate surface area is 173 Å². The summed E-state index contributed by atoms with van der Waals surface area (Å²) < 4.78 is 2.01. The van der Waals surface area contributed by atoms with E-state index in [9.17, 15) is 0 Å². The van der Waals surface area contributed by atoms with Gasteiger partial charge in [-0.2, -0.15) is 0 Å². The lowest BCUT2D eigenvalue weighted by atomic mass is 10.1. The minimum Gasteiger partial charge on any atom is -0.322 e. The summed E-state index contributed by atoms with van der Waals surface area (Å²) in [5.41, 5.74) is 2.67. The molecular formula is C23H32N6+2. The standard InChI is InChI=1S/C23H30N6/c1-2-9-22(23-24-25-26-29(23)19-21-12-7-4-8-13-21)28-16-14-27(15-17-28)18-20-10-5-3-6-11-20/h3-8,10-13,22H,2,9,14-19H2,1H3/p+2/t22-/m1/s1. The molecule has 0 radical (unpaired) electrons. The van der Waals surface area contributed by atoms with Crippen LogP contribution in [0.2, 0.25) is 0 Å². The van der Waals surface area contributed by atoms with Crippen LogP contribution < -0.4 is 9.80 Å². The summed E-state index contributed by atoms with van der Waals surface area (Å²) in [6.07, 6.45) is 2.27. The monoisotopic (exact) mass is 392 g/mol. The maximum absolute atomic E-state index is 4.47. The van der Waals surface area contributed by atoms with Crippen molar-refractivity contribution >= 4 is 0 Å². The summed E-state index contributed by atoms with van der Waals surface area (Å²) in [4.78, 5) is 3.31. The highest BCUT2D eigenvalue weighted by Crippen LogP contribution is 2.14. The fourth-order valence-corrected chi connectivity index (χ4v) is 4.47. The van der Waals surface area contributed by atoms with Gasteiger partial charge in [0.1, 0.15) is 38.8 Å². The summed E-state index contributed by atoms with van der Waals surface area (Å²) in [5.74, 6) is 1.04. The number of aromatic nitrogens is 4. The van der Waals surface area contributed by atoms with Crippen LogP contribution >= 0.6 is 0 Å². The molecule has 0 amide bonds. The van der Waals surface area contributed by atoms with Crippen molar-refractivity contribution in [1.82, 2.24) is 20.2 Å². The third-order valence-electron chi connectivity index (χ3n) is 6.01. The Morgan fingerprint density at radius 3 is 2.21 bits per heavy atom. The highest BCUT2D eigenvalue weighted by Gasteiger charge is 2.33. The van der Waals surface area contributed by atoms with Gasteiger partial charge in [0.2, 0.25) is 5.82 Å². The minimum absolute atomic E-state index is 0.372. The van der Waals surface area contributed by atoms with Crippen LogP contribution in [-0.4, -0.2) is 46.4 Å². The van der Waals surface area contributed by atoms with Crippen molar-refractivity contribution in [2.24, 2.45) is 0 Å². The van der Waals surface area contributed by atoms with E-state index in [2.05, 4.69) is 77.0 Å². The Morgan fingerprint density at radius 1 is 0.897 bits per heavy atom. The summed E-state index contributed by atoms with van der Waals surface area (Å²) in [6.45, 7) is 8.86. The number of hydrogen-bond acceptors (Lipinski definition) is 3. The largest absolute Gasteiger partial charge is 0.322 e. The van der Waals surface area contributed by atoms with Gasteiger partial charge in [0.15, 0.2) is 0 Å². The Morgan fingerprint density at radius 2 is 1.55 bits per heavy atom. The van der Waals surface area contributed by atoms with E-state index in [4.69, 9.17) is 0 Å². The average molecular weight is 393 g/mol. The first-order chi connectivity index (χ1) is 14.3. The lowest BCUT2D eigenvalue weighted by Gasteiger charge is -2.34. The van der Waals surface area contributed by atoms with Crippen molar-refractivity contribution < 1.29 is 9.80 Å². The fraction of sp³-hybridized carbons (Fsp3) is 0.435. The number of rotatable bonds is 8. The van der Waals surface area contributed by atoms with Crippen LogP contribution in [0.15, 0.2) is 60.7 Å². The van der Waals surface area contributed by atoms with Gasteiger partial charge < -0.3 is 9.80 Å². The zero-order valence-electron chi connectivity index (χ0n) is 17.3. The molecule has 1 aliphatic heterocycles. The van der Waals surface area contributed by atoms with Crippen molar-refractivity contribution in [2.75, 3.05) is 26.2 Å². The second kappa shape index (κ2) is 9.76. The molecule has 4 rings (SSSR count). The molecule has 0 aliphatic carbocycles. The van der Waals surface area contributed by atoms with Gasteiger partial charge in [-0.1, -0.05) is 74.0 Å². The molecule has 0 unspecified atom stereocenters. The quantitative estimate of drug-likeness (QED) is 0.589. The SMILES string of the molecule is CCC[C@H](c1nnnn1Cc1ccccc1)[NH+]1CC[NH+](Cc2ccccc2)CC1. The number of nitrogens with zero attached hydrogens (tertiary/aromatic N) is 4. The van der Waals surface area contributed by atoms with Gasteiger partial charge in [-0.3, -0.25) is 0 Å². The maximum atomic E-state index is 4.47. The van der Waals surface area contributed by atoms with E-state index < -0.39 is 0 Å². The molecule has 3 aromatic rings. The Bertz CT molecular complexity index is 855. The summed E-state index contributed by atoms with van der Waals surface area (Å²) in [5, 5.41) is 12.8. The number of hydrogen-bond donors (Lipinski definition) is 2. The lowest BCUT2D eigenvalue weighted by Crippen LogP contribution is -3.27. The molecule has 2 aromatic carbocycles. The van der Waals surface area contributed by atoms with Crippen molar-refractivity contribution in [1.29, 1.82) is 0 Å². The number of tetrazole rings is 1. The lowest BCUT2D eigenvalue weighted by molar-refractivity contribution is -1.03. The van der Waals surface area contributed by atoms with E-state index >= 15 is 0 Å². The first kappa shape index (κ1) is 19.7. The van der Waals surface area contributed by atoms with Gasteiger partial charge in [-0.15, -0.1) is 5.10 Å². The summed E-state index contributed by atoms with van der Waals surface area (Å²) in [6, 6.07) is 21.7. The summed E-state index contributed by atoms with van der Waals surface area (Å²) >= 11 is 0. The second-order valence-electron chi connectivity index (χ2n) is 8.09. The first-order valence-electron chi connectivity index (χ1n) is 10.9. The Hall–Kier alpha value is -2.57. The molecule has 6 heteroatoms. The maximum Gasteiger partial charge on any atom is 0.209 e. The second-order valence-corrected chi connectivity index (χ2v) is 8.09. The number of benzene rings is 2. The number of piperazine rings is 1. The summed E-state index contributed by atoms with van der Waals surface area (Å²) in [7, 11) is 0. The number of nitrogens with one attached hydrogen (secondary N) is 2. The first-order valence-corrected chi connectivity index (χ1v) is 10.9.